The van der Waals surface area contributed by atoms with Crippen LogP contribution in [0.2, 0.25) is 0 Å². The van der Waals surface area contributed by atoms with Gasteiger partial charge in [0.1, 0.15) is 5.01 Å². The number of nitrogens with two attached hydrogens (primary N) is 1. The van der Waals surface area contributed by atoms with Crippen LogP contribution in [-0.2, 0) is 12.0 Å². The first-order valence-electron chi connectivity index (χ1n) is 7.31. The number of rotatable bonds is 3. The van der Waals surface area contributed by atoms with Gasteiger partial charge in [0.2, 0.25) is 0 Å². The van der Waals surface area contributed by atoms with Gasteiger partial charge in [-0.15, -0.1) is 11.3 Å². The Hall–Kier alpha value is -0.450. The SMILES string of the molecule is CC1CCCN(Cc2nc(C(C)(C)C)cs2)C1CN. The first-order chi connectivity index (χ1) is 8.91. The van der Waals surface area contributed by atoms with Crippen LogP contribution in [-0.4, -0.2) is 29.0 Å². The normalized spacial score (nSPS) is 25.7. The highest BCUT2D eigenvalue weighted by Crippen LogP contribution is 2.27. The summed E-state index contributed by atoms with van der Waals surface area (Å²) < 4.78 is 0. The molecular weight excluding hydrogens is 254 g/mol. The third-order valence-electron chi connectivity index (χ3n) is 4.13. The molecule has 0 bridgehead atoms. The molecule has 1 fully saturated rings. The van der Waals surface area contributed by atoms with E-state index in [4.69, 9.17) is 10.7 Å². The van der Waals surface area contributed by atoms with Gasteiger partial charge < -0.3 is 5.73 Å². The van der Waals surface area contributed by atoms with E-state index in [2.05, 4.69) is 38.0 Å². The van der Waals surface area contributed by atoms with Crippen molar-refractivity contribution < 1.29 is 0 Å². The van der Waals surface area contributed by atoms with E-state index in [1.165, 1.54) is 23.5 Å². The largest absolute Gasteiger partial charge is 0.329 e. The minimum absolute atomic E-state index is 0.150. The molecule has 2 heterocycles. The molecule has 0 spiro atoms. The fraction of sp³-hybridized carbons (Fsp3) is 0.800. The lowest BCUT2D eigenvalue weighted by Gasteiger charge is -2.38. The average molecular weight is 281 g/mol. The molecule has 1 aliphatic rings. The Morgan fingerprint density at radius 3 is 2.79 bits per heavy atom. The maximum Gasteiger partial charge on any atom is 0.107 e. The molecular formula is C15H27N3S. The number of piperidine rings is 1. The Labute approximate surface area is 121 Å². The monoisotopic (exact) mass is 281 g/mol. The number of hydrogen-bond donors (Lipinski definition) is 1. The molecule has 108 valence electrons. The van der Waals surface area contributed by atoms with Crippen LogP contribution >= 0.6 is 11.3 Å². The first kappa shape index (κ1) is 14.9. The number of aromatic nitrogens is 1. The molecule has 2 unspecified atom stereocenters. The summed E-state index contributed by atoms with van der Waals surface area (Å²) in [6.07, 6.45) is 2.60. The second-order valence-corrected chi connectivity index (χ2v) is 7.71. The molecule has 0 saturated carbocycles. The third-order valence-corrected chi connectivity index (χ3v) is 4.96. The zero-order valence-corrected chi connectivity index (χ0v) is 13.5. The van der Waals surface area contributed by atoms with Gasteiger partial charge in [0.25, 0.3) is 0 Å². The summed E-state index contributed by atoms with van der Waals surface area (Å²) in [7, 11) is 0. The summed E-state index contributed by atoms with van der Waals surface area (Å²) in [5.74, 6) is 0.709. The second-order valence-electron chi connectivity index (χ2n) is 6.77. The van der Waals surface area contributed by atoms with Gasteiger partial charge >= 0.3 is 0 Å². The van der Waals surface area contributed by atoms with E-state index in [0.29, 0.717) is 12.0 Å². The molecule has 1 aromatic heterocycles. The maximum atomic E-state index is 5.95. The fourth-order valence-electron chi connectivity index (χ4n) is 2.81. The average Bonchev–Trinajstić information content (AvgIpc) is 2.77. The Morgan fingerprint density at radius 1 is 1.47 bits per heavy atom. The molecule has 2 N–H and O–H groups in total. The molecule has 2 atom stereocenters. The number of hydrogen-bond acceptors (Lipinski definition) is 4. The van der Waals surface area contributed by atoms with Crippen LogP contribution in [0.3, 0.4) is 0 Å². The number of likely N-dealkylation sites (tertiary alicyclic amines) is 1. The zero-order chi connectivity index (χ0) is 14.0. The molecule has 1 aromatic rings. The Bertz CT molecular complexity index is 408. The topological polar surface area (TPSA) is 42.2 Å². The van der Waals surface area contributed by atoms with Gasteiger partial charge in [-0.1, -0.05) is 27.7 Å². The predicted octanol–water partition coefficient (Wildman–Crippen LogP) is 3.00. The quantitative estimate of drug-likeness (QED) is 0.926. The smallest absolute Gasteiger partial charge is 0.107 e. The van der Waals surface area contributed by atoms with Gasteiger partial charge in [0, 0.05) is 23.4 Å². The molecule has 3 nitrogen and oxygen atoms in total. The summed E-state index contributed by atoms with van der Waals surface area (Å²) in [6.45, 7) is 11.9. The molecule has 2 rings (SSSR count). The predicted molar refractivity (Wildman–Crippen MR) is 82.5 cm³/mol. The fourth-order valence-corrected chi connectivity index (χ4v) is 3.86. The molecule has 19 heavy (non-hydrogen) atoms. The summed E-state index contributed by atoms with van der Waals surface area (Å²) >= 11 is 1.79. The van der Waals surface area contributed by atoms with Crippen LogP contribution < -0.4 is 5.73 Å². The molecule has 0 radical (unpaired) electrons. The van der Waals surface area contributed by atoms with Gasteiger partial charge in [-0.05, 0) is 25.3 Å². The van der Waals surface area contributed by atoms with Crippen molar-refractivity contribution >= 4 is 11.3 Å². The van der Waals surface area contributed by atoms with Gasteiger partial charge in [-0.2, -0.15) is 0 Å². The molecule has 1 aliphatic heterocycles. The van der Waals surface area contributed by atoms with Crippen LogP contribution in [0.25, 0.3) is 0 Å². The maximum absolute atomic E-state index is 5.95. The van der Waals surface area contributed by atoms with E-state index in [1.807, 2.05) is 0 Å². The van der Waals surface area contributed by atoms with E-state index in [1.54, 1.807) is 11.3 Å². The number of thiazole rings is 1. The highest BCUT2D eigenvalue weighted by Gasteiger charge is 2.28. The van der Waals surface area contributed by atoms with Crippen molar-refractivity contribution in [1.82, 2.24) is 9.88 Å². The molecule has 1 saturated heterocycles. The highest BCUT2D eigenvalue weighted by molar-refractivity contribution is 7.09. The van der Waals surface area contributed by atoms with Crippen LogP contribution in [0.4, 0.5) is 0 Å². The van der Waals surface area contributed by atoms with Crippen molar-refractivity contribution in [1.29, 1.82) is 0 Å². The Morgan fingerprint density at radius 2 is 2.21 bits per heavy atom. The highest BCUT2D eigenvalue weighted by atomic mass is 32.1. The summed E-state index contributed by atoms with van der Waals surface area (Å²) in [4.78, 5) is 7.33. The minimum Gasteiger partial charge on any atom is -0.329 e. The summed E-state index contributed by atoms with van der Waals surface area (Å²) in [5, 5.41) is 3.44. The van der Waals surface area contributed by atoms with Crippen molar-refractivity contribution in [3.8, 4) is 0 Å². The second kappa shape index (κ2) is 5.90. The van der Waals surface area contributed by atoms with Crippen molar-refractivity contribution in [2.45, 2.75) is 58.5 Å². The van der Waals surface area contributed by atoms with Crippen LogP contribution in [0.15, 0.2) is 5.38 Å². The first-order valence-corrected chi connectivity index (χ1v) is 8.19. The van der Waals surface area contributed by atoms with E-state index in [9.17, 15) is 0 Å². The Balaban J connectivity index is 2.05. The number of nitrogens with zero attached hydrogens (tertiary/aromatic N) is 2. The summed E-state index contributed by atoms with van der Waals surface area (Å²) in [5.41, 5.74) is 7.31. The van der Waals surface area contributed by atoms with Crippen molar-refractivity contribution in [3.63, 3.8) is 0 Å². The van der Waals surface area contributed by atoms with E-state index >= 15 is 0 Å². The molecule has 0 aliphatic carbocycles. The van der Waals surface area contributed by atoms with Crippen molar-refractivity contribution in [3.05, 3.63) is 16.1 Å². The zero-order valence-electron chi connectivity index (χ0n) is 12.6. The lowest BCUT2D eigenvalue weighted by atomic mass is 9.91. The Kier molecular flexibility index (Phi) is 4.64. The minimum atomic E-state index is 0.150. The third kappa shape index (κ3) is 3.56. The van der Waals surface area contributed by atoms with E-state index in [0.717, 1.165) is 19.6 Å². The lowest BCUT2D eigenvalue weighted by molar-refractivity contribution is 0.0989. The van der Waals surface area contributed by atoms with Gasteiger partial charge in [0.15, 0.2) is 0 Å². The van der Waals surface area contributed by atoms with Crippen LogP contribution in [0.1, 0.15) is 51.2 Å². The summed E-state index contributed by atoms with van der Waals surface area (Å²) in [6, 6.07) is 0.524. The van der Waals surface area contributed by atoms with Crippen LogP contribution in [0, 0.1) is 5.92 Å². The standard InChI is InChI=1S/C15H27N3S/c1-11-6-5-7-18(12(11)8-16)9-14-17-13(10-19-14)15(2,3)4/h10-12H,5-9,16H2,1-4H3. The van der Waals surface area contributed by atoms with Gasteiger partial charge in [-0.3, -0.25) is 4.90 Å². The van der Waals surface area contributed by atoms with Gasteiger partial charge in [-0.25, -0.2) is 4.98 Å². The van der Waals surface area contributed by atoms with E-state index in [-0.39, 0.29) is 5.41 Å². The van der Waals surface area contributed by atoms with Crippen LogP contribution in [0.5, 0.6) is 0 Å². The van der Waals surface area contributed by atoms with Crippen molar-refractivity contribution in [2.75, 3.05) is 13.1 Å². The molecule has 4 heteroatoms. The lowest BCUT2D eigenvalue weighted by Crippen LogP contribution is -2.48. The van der Waals surface area contributed by atoms with Gasteiger partial charge in [0.05, 0.1) is 12.2 Å². The molecule has 0 aromatic carbocycles. The van der Waals surface area contributed by atoms with E-state index < -0.39 is 0 Å². The molecule has 0 amide bonds. The van der Waals surface area contributed by atoms with Crippen molar-refractivity contribution in [2.24, 2.45) is 11.7 Å².